The van der Waals surface area contributed by atoms with Gasteiger partial charge in [0.1, 0.15) is 5.82 Å². The summed E-state index contributed by atoms with van der Waals surface area (Å²) in [5.41, 5.74) is 2.28. The molecule has 0 amide bonds. The van der Waals surface area contributed by atoms with E-state index < -0.39 is 0 Å². The highest BCUT2D eigenvalue weighted by Gasteiger charge is 2.20. The van der Waals surface area contributed by atoms with Gasteiger partial charge >= 0.3 is 0 Å². The van der Waals surface area contributed by atoms with Crippen LogP contribution in [0.15, 0.2) is 24.9 Å². The zero-order valence-electron chi connectivity index (χ0n) is 11.1. The first-order chi connectivity index (χ1) is 8.72. The van der Waals surface area contributed by atoms with Crippen LogP contribution >= 0.6 is 11.9 Å². The zero-order valence-corrected chi connectivity index (χ0v) is 12.0. The molecule has 2 rings (SSSR count). The smallest absolute Gasteiger partial charge is 0.136 e. The first-order valence-corrected chi connectivity index (χ1v) is 7.66. The van der Waals surface area contributed by atoms with E-state index in [1.165, 1.54) is 19.3 Å². The van der Waals surface area contributed by atoms with Gasteiger partial charge in [-0.2, -0.15) is 0 Å². The fourth-order valence-corrected chi connectivity index (χ4v) is 2.76. The van der Waals surface area contributed by atoms with Crippen molar-refractivity contribution in [3.8, 4) is 0 Å². The van der Waals surface area contributed by atoms with Crippen LogP contribution in [0.1, 0.15) is 31.7 Å². The number of anilines is 1. The fraction of sp³-hybridized carbons (Fsp3) is 0.500. The maximum Gasteiger partial charge on any atom is 0.136 e. The lowest BCUT2D eigenvalue weighted by Gasteiger charge is -2.36. The summed E-state index contributed by atoms with van der Waals surface area (Å²) in [5.74, 6) is 0.894. The first-order valence-electron chi connectivity index (χ1n) is 6.43. The Hall–Kier alpha value is -1.16. The molecule has 98 valence electrons. The predicted molar refractivity (Wildman–Crippen MR) is 80.4 cm³/mol. The molecule has 1 N–H and O–H groups in total. The molecular weight excluding hydrogens is 242 g/mol. The minimum atomic E-state index is 0.594. The standard InChI is InChI=1S/C14H21N3S/c1-11-6-4-5-9-17(11)12(2)13-7-8-15-14(10-13)16-18-3/h7-8,10-11H,2,4-6,9H2,1,3H3,(H,15,16)/t11-/m1/s1. The van der Waals surface area contributed by atoms with Crippen molar-refractivity contribution in [1.82, 2.24) is 9.88 Å². The molecule has 0 saturated carbocycles. The summed E-state index contributed by atoms with van der Waals surface area (Å²) < 4.78 is 3.16. The van der Waals surface area contributed by atoms with Crippen molar-refractivity contribution in [2.75, 3.05) is 17.5 Å². The van der Waals surface area contributed by atoms with Gasteiger partial charge in [-0.15, -0.1) is 0 Å². The van der Waals surface area contributed by atoms with E-state index in [9.17, 15) is 0 Å². The van der Waals surface area contributed by atoms with Crippen molar-refractivity contribution in [2.24, 2.45) is 0 Å². The molecule has 4 heteroatoms. The van der Waals surface area contributed by atoms with E-state index in [-0.39, 0.29) is 0 Å². The third kappa shape index (κ3) is 2.99. The van der Waals surface area contributed by atoms with Crippen molar-refractivity contribution in [2.45, 2.75) is 32.2 Å². The van der Waals surface area contributed by atoms with Crippen molar-refractivity contribution in [1.29, 1.82) is 0 Å². The van der Waals surface area contributed by atoms with Gasteiger partial charge in [0.05, 0.1) is 0 Å². The number of piperidine rings is 1. The third-order valence-electron chi connectivity index (χ3n) is 3.45. The van der Waals surface area contributed by atoms with Crippen LogP contribution < -0.4 is 4.72 Å². The van der Waals surface area contributed by atoms with E-state index >= 15 is 0 Å². The molecule has 0 aliphatic carbocycles. The number of hydrogen-bond acceptors (Lipinski definition) is 4. The van der Waals surface area contributed by atoms with Crippen LogP contribution in [0.4, 0.5) is 5.82 Å². The van der Waals surface area contributed by atoms with Gasteiger partial charge in [0.15, 0.2) is 0 Å². The van der Waals surface area contributed by atoms with E-state index in [0.29, 0.717) is 6.04 Å². The average molecular weight is 263 g/mol. The van der Waals surface area contributed by atoms with Crippen LogP contribution in [0.25, 0.3) is 5.70 Å². The van der Waals surface area contributed by atoms with Crippen LogP contribution in [-0.2, 0) is 0 Å². The Morgan fingerprint density at radius 3 is 3.11 bits per heavy atom. The molecule has 0 unspecified atom stereocenters. The van der Waals surface area contributed by atoms with Gasteiger partial charge in [-0.05, 0) is 38.3 Å². The van der Waals surface area contributed by atoms with Crippen LogP contribution in [-0.4, -0.2) is 28.7 Å². The zero-order chi connectivity index (χ0) is 13.0. The summed E-state index contributed by atoms with van der Waals surface area (Å²) >= 11 is 1.56. The second-order valence-corrected chi connectivity index (χ2v) is 5.33. The number of rotatable bonds is 4. The van der Waals surface area contributed by atoms with Crippen molar-refractivity contribution in [3.05, 3.63) is 30.5 Å². The van der Waals surface area contributed by atoms with Gasteiger partial charge in [0.25, 0.3) is 0 Å². The molecule has 1 atom stereocenters. The predicted octanol–water partition coefficient (Wildman–Crippen LogP) is 3.62. The lowest BCUT2D eigenvalue weighted by Crippen LogP contribution is -2.35. The molecule has 1 aliphatic heterocycles. The average Bonchev–Trinajstić information content (AvgIpc) is 2.39. The van der Waals surface area contributed by atoms with Gasteiger partial charge in [-0.25, -0.2) is 4.98 Å². The highest BCUT2D eigenvalue weighted by Crippen LogP contribution is 2.27. The summed E-state index contributed by atoms with van der Waals surface area (Å²) in [6.45, 7) is 7.67. The quantitative estimate of drug-likeness (QED) is 0.840. The topological polar surface area (TPSA) is 28.2 Å². The largest absolute Gasteiger partial charge is 0.369 e. The normalized spacial score (nSPS) is 19.7. The lowest BCUT2D eigenvalue weighted by molar-refractivity contribution is 0.244. The van der Waals surface area contributed by atoms with Crippen LogP contribution in [0, 0.1) is 0 Å². The van der Waals surface area contributed by atoms with Gasteiger partial charge in [-0.1, -0.05) is 18.5 Å². The summed E-state index contributed by atoms with van der Waals surface area (Å²) in [6, 6.07) is 4.70. The van der Waals surface area contributed by atoms with Crippen LogP contribution in [0.5, 0.6) is 0 Å². The summed E-state index contributed by atoms with van der Waals surface area (Å²) in [4.78, 5) is 6.70. The molecule has 0 spiro atoms. The number of likely N-dealkylation sites (tertiary alicyclic amines) is 1. The highest BCUT2D eigenvalue weighted by atomic mass is 32.2. The van der Waals surface area contributed by atoms with E-state index in [1.807, 2.05) is 18.5 Å². The van der Waals surface area contributed by atoms with Gasteiger partial charge in [0.2, 0.25) is 0 Å². The van der Waals surface area contributed by atoms with Crippen LogP contribution in [0.2, 0.25) is 0 Å². The minimum Gasteiger partial charge on any atom is -0.369 e. The highest BCUT2D eigenvalue weighted by molar-refractivity contribution is 7.99. The van der Waals surface area contributed by atoms with Gasteiger partial charge in [0, 0.05) is 36.3 Å². The summed E-state index contributed by atoms with van der Waals surface area (Å²) in [5, 5.41) is 0. The Morgan fingerprint density at radius 2 is 2.39 bits per heavy atom. The fourth-order valence-electron chi connectivity index (χ4n) is 2.44. The maximum absolute atomic E-state index is 4.28. The molecule has 1 saturated heterocycles. The Bertz CT molecular complexity index is 419. The second kappa shape index (κ2) is 6.14. The molecular formula is C14H21N3S. The molecule has 1 aliphatic rings. The molecule has 18 heavy (non-hydrogen) atoms. The number of nitrogens with zero attached hydrogens (tertiary/aromatic N) is 2. The van der Waals surface area contributed by atoms with Gasteiger partial charge < -0.3 is 9.62 Å². The molecule has 2 heterocycles. The summed E-state index contributed by atoms with van der Waals surface area (Å²) in [6.07, 6.45) is 7.70. The van der Waals surface area contributed by atoms with Crippen LogP contribution in [0.3, 0.4) is 0 Å². The summed E-state index contributed by atoms with van der Waals surface area (Å²) in [7, 11) is 0. The Kier molecular flexibility index (Phi) is 4.53. The van der Waals surface area contributed by atoms with Crippen molar-refractivity contribution in [3.63, 3.8) is 0 Å². The molecule has 0 aromatic carbocycles. The van der Waals surface area contributed by atoms with E-state index in [2.05, 4.69) is 34.2 Å². The SMILES string of the molecule is C=C(c1ccnc(NSC)c1)N1CCCC[C@H]1C. The Labute approximate surface area is 114 Å². The number of pyridine rings is 1. The Balaban J connectivity index is 2.14. The minimum absolute atomic E-state index is 0.594. The Morgan fingerprint density at radius 1 is 1.56 bits per heavy atom. The first kappa shape index (κ1) is 13.3. The molecule has 1 fully saturated rings. The number of hydrogen-bond donors (Lipinski definition) is 1. The monoisotopic (exact) mass is 263 g/mol. The number of nitrogens with one attached hydrogen (secondary N) is 1. The molecule has 1 aromatic rings. The second-order valence-electron chi connectivity index (χ2n) is 4.72. The van der Waals surface area contributed by atoms with Crippen molar-refractivity contribution >= 4 is 23.5 Å². The lowest BCUT2D eigenvalue weighted by atomic mass is 10.0. The maximum atomic E-state index is 4.28. The molecule has 3 nitrogen and oxygen atoms in total. The molecule has 0 bridgehead atoms. The molecule has 0 radical (unpaired) electrons. The van der Waals surface area contributed by atoms with E-state index in [1.54, 1.807) is 11.9 Å². The van der Waals surface area contributed by atoms with E-state index in [0.717, 1.165) is 23.6 Å². The number of aromatic nitrogens is 1. The van der Waals surface area contributed by atoms with Crippen molar-refractivity contribution < 1.29 is 0 Å². The molecule has 1 aromatic heterocycles. The van der Waals surface area contributed by atoms with E-state index in [4.69, 9.17) is 0 Å². The van der Waals surface area contributed by atoms with Gasteiger partial charge in [-0.3, -0.25) is 0 Å². The third-order valence-corrected chi connectivity index (χ3v) is 3.86.